The minimum Gasteiger partial charge on any atom is -0.324 e. The van der Waals surface area contributed by atoms with Gasteiger partial charge in [0.05, 0.1) is 0 Å². The van der Waals surface area contributed by atoms with E-state index in [1.54, 1.807) is 19.1 Å². The lowest BCUT2D eigenvalue weighted by Crippen LogP contribution is -2.14. The summed E-state index contributed by atoms with van der Waals surface area (Å²) in [4.78, 5) is 0. The molecular weight excluding hydrogens is 260 g/mol. The zero-order chi connectivity index (χ0) is 12.3. The van der Waals surface area contributed by atoms with Crippen LogP contribution in [0.25, 0.3) is 0 Å². The number of hydrogen-bond acceptors (Lipinski definition) is 1. The van der Waals surface area contributed by atoms with E-state index in [0.29, 0.717) is 22.1 Å². The maximum atomic E-state index is 13.9. The fourth-order valence-electron chi connectivity index (χ4n) is 1.68. The predicted octanol–water partition coefficient (Wildman–Crippen LogP) is 4.65. The molecule has 0 aliphatic heterocycles. The molecule has 0 aromatic heterocycles. The van der Waals surface area contributed by atoms with E-state index in [2.05, 4.69) is 13.8 Å². The highest BCUT2D eigenvalue weighted by Crippen LogP contribution is 2.29. The maximum Gasteiger partial charge on any atom is 0.132 e. The molecule has 0 unspecified atom stereocenters. The second kappa shape index (κ2) is 7.20. The quantitative estimate of drug-likeness (QED) is 0.853. The van der Waals surface area contributed by atoms with Crippen LogP contribution in [0.3, 0.4) is 0 Å². The summed E-state index contributed by atoms with van der Waals surface area (Å²) < 4.78 is 13.9. The van der Waals surface area contributed by atoms with Gasteiger partial charge in [0.25, 0.3) is 0 Å². The summed E-state index contributed by atoms with van der Waals surface area (Å²) in [5.74, 6) is 0.307. The van der Waals surface area contributed by atoms with Gasteiger partial charge in [-0.2, -0.15) is 0 Å². The van der Waals surface area contributed by atoms with Gasteiger partial charge < -0.3 is 5.73 Å². The Morgan fingerprint density at radius 3 is 2.41 bits per heavy atom. The Morgan fingerprint density at radius 1 is 1.29 bits per heavy atom. The molecule has 1 nitrogen and oxygen atoms in total. The van der Waals surface area contributed by atoms with Crippen LogP contribution in [-0.4, -0.2) is 0 Å². The first-order valence-corrected chi connectivity index (χ1v) is 6.01. The average molecular weight is 280 g/mol. The van der Waals surface area contributed by atoms with E-state index in [-0.39, 0.29) is 24.3 Å². The standard InChI is InChI=1S/C13H19ClFN.ClH/c1-8(2)4-7-11(16)12-10(14)6-5-9(3)13(12)15;/h5-6,8,11H,4,7,16H2,1-3H3;1H/t11-;/m0./s1. The van der Waals surface area contributed by atoms with Crippen molar-refractivity contribution >= 4 is 24.0 Å². The Morgan fingerprint density at radius 2 is 1.88 bits per heavy atom. The Kier molecular flexibility index (Phi) is 7.07. The van der Waals surface area contributed by atoms with E-state index in [1.807, 2.05) is 0 Å². The highest BCUT2D eigenvalue weighted by Gasteiger charge is 2.17. The van der Waals surface area contributed by atoms with Gasteiger partial charge in [-0.15, -0.1) is 12.4 Å². The number of hydrogen-bond donors (Lipinski definition) is 1. The molecule has 98 valence electrons. The topological polar surface area (TPSA) is 26.0 Å². The van der Waals surface area contributed by atoms with Gasteiger partial charge in [0.1, 0.15) is 5.82 Å². The van der Waals surface area contributed by atoms with Gasteiger partial charge >= 0.3 is 0 Å². The lowest BCUT2D eigenvalue weighted by atomic mass is 9.96. The van der Waals surface area contributed by atoms with E-state index >= 15 is 0 Å². The molecule has 0 bridgehead atoms. The molecule has 0 saturated carbocycles. The van der Waals surface area contributed by atoms with Crippen molar-refractivity contribution in [2.24, 2.45) is 11.7 Å². The van der Waals surface area contributed by atoms with Crippen LogP contribution in [0.15, 0.2) is 12.1 Å². The third-order valence-electron chi connectivity index (χ3n) is 2.75. The molecule has 1 atom stereocenters. The summed E-state index contributed by atoms with van der Waals surface area (Å²) in [6.07, 6.45) is 1.74. The number of nitrogens with two attached hydrogens (primary N) is 1. The molecule has 0 amide bonds. The van der Waals surface area contributed by atoms with Crippen LogP contribution in [0.5, 0.6) is 0 Å². The van der Waals surface area contributed by atoms with E-state index in [1.165, 1.54) is 0 Å². The Balaban J connectivity index is 0.00000256. The Labute approximate surface area is 114 Å². The fraction of sp³-hybridized carbons (Fsp3) is 0.538. The first-order valence-electron chi connectivity index (χ1n) is 5.63. The molecule has 0 heterocycles. The van der Waals surface area contributed by atoms with E-state index in [9.17, 15) is 4.39 Å². The molecule has 4 heteroatoms. The summed E-state index contributed by atoms with van der Waals surface area (Å²) in [5.41, 5.74) is 7.05. The lowest BCUT2D eigenvalue weighted by molar-refractivity contribution is 0.489. The highest BCUT2D eigenvalue weighted by atomic mass is 35.5. The largest absolute Gasteiger partial charge is 0.324 e. The van der Waals surface area contributed by atoms with E-state index in [0.717, 1.165) is 12.8 Å². The summed E-state index contributed by atoms with van der Waals surface area (Å²) >= 11 is 5.99. The first-order chi connectivity index (χ1) is 7.43. The summed E-state index contributed by atoms with van der Waals surface area (Å²) in [5, 5.41) is 0.430. The molecule has 0 spiro atoms. The zero-order valence-electron chi connectivity index (χ0n) is 10.5. The van der Waals surface area contributed by atoms with Crippen LogP contribution in [0.2, 0.25) is 5.02 Å². The molecule has 0 aliphatic carbocycles. The first kappa shape index (κ1) is 16.7. The van der Waals surface area contributed by atoms with Gasteiger partial charge in [0.15, 0.2) is 0 Å². The van der Waals surface area contributed by atoms with Crippen molar-refractivity contribution in [1.29, 1.82) is 0 Å². The van der Waals surface area contributed by atoms with Crippen LogP contribution in [0, 0.1) is 18.7 Å². The molecule has 0 radical (unpaired) electrons. The molecule has 0 fully saturated rings. The van der Waals surface area contributed by atoms with Crippen LogP contribution >= 0.6 is 24.0 Å². The molecule has 0 aliphatic rings. The van der Waals surface area contributed by atoms with Crippen molar-refractivity contribution in [3.8, 4) is 0 Å². The molecular formula is C13H20Cl2FN. The Bertz CT molecular complexity index is 367. The number of benzene rings is 1. The number of aryl methyl sites for hydroxylation is 1. The molecule has 2 N–H and O–H groups in total. The normalized spacial score (nSPS) is 12.4. The fourth-order valence-corrected chi connectivity index (χ4v) is 1.96. The number of rotatable bonds is 4. The van der Waals surface area contributed by atoms with Crippen molar-refractivity contribution in [2.75, 3.05) is 0 Å². The van der Waals surface area contributed by atoms with Gasteiger partial charge in [0, 0.05) is 16.6 Å². The smallest absolute Gasteiger partial charge is 0.132 e. The summed E-state index contributed by atoms with van der Waals surface area (Å²) in [7, 11) is 0. The zero-order valence-corrected chi connectivity index (χ0v) is 12.0. The predicted molar refractivity (Wildman–Crippen MR) is 74.4 cm³/mol. The minimum absolute atomic E-state index is 0. The molecule has 17 heavy (non-hydrogen) atoms. The van der Waals surface area contributed by atoms with Gasteiger partial charge in [0.2, 0.25) is 0 Å². The Hall–Kier alpha value is -0.310. The second-order valence-corrected chi connectivity index (χ2v) is 5.08. The molecule has 1 aromatic carbocycles. The second-order valence-electron chi connectivity index (χ2n) is 4.67. The number of halogens is 3. The van der Waals surface area contributed by atoms with Crippen molar-refractivity contribution in [3.05, 3.63) is 34.1 Å². The van der Waals surface area contributed by atoms with Gasteiger partial charge in [-0.05, 0) is 37.3 Å². The lowest BCUT2D eigenvalue weighted by Gasteiger charge is -2.16. The summed E-state index contributed by atoms with van der Waals surface area (Å²) in [6, 6.07) is 3.08. The maximum absolute atomic E-state index is 13.9. The van der Waals surface area contributed by atoms with Crippen molar-refractivity contribution in [3.63, 3.8) is 0 Å². The average Bonchev–Trinajstić information content (AvgIpc) is 2.21. The van der Waals surface area contributed by atoms with Gasteiger partial charge in [-0.1, -0.05) is 31.5 Å². The SMILES string of the molecule is Cc1ccc(Cl)c([C@@H](N)CCC(C)C)c1F.Cl. The van der Waals surface area contributed by atoms with E-state index < -0.39 is 0 Å². The molecule has 1 aromatic rings. The van der Waals surface area contributed by atoms with Gasteiger partial charge in [-0.3, -0.25) is 0 Å². The van der Waals surface area contributed by atoms with Crippen molar-refractivity contribution < 1.29 is 4.39 Å². The highest BCUT2D eigenvalue weighted by molar-refractivity contribution is 6.31. The summed E-state index contributed by atoms with van der Waals surface area (Å²) in [6.45, 7) is 5.98. The minimum atomic E-state index is -0.310. The van der Waals surface area contributed by atoms with Crippen molar-refractivity contribution in [1.82, 2.24) is 0 Å². The van der Waals surface area contributed by atoms with Crippen LogP contribution < -0.4 is 5.73 Å². The van der Waals surface area contributed by atoms with Crippen LogP contribution in [0.4, 0.5) is 4.39 Å². The third kappa shape index (κ3) is 4.46. The molecule has 0 saturated heterocycles. The van der Waals surface area contributed by atoms with Gasteiger partial charge in [-0.25, -0.2) is 4.39 Å². The monoisotopic (exact) mass is 279 g/mol. The van der Waals surface area contributed by atoms with Crippen LogP contribution in [0.1, 0.15) is 43.9 Å². The third-order valence-corrected chi connectivity index (χ3v) is 3.08. The molecule has 1 rings (SSSR count). The van der Waals surface area contributed by atoms with E-state index in [4.69, 9.17) is 17.3 Å². The van der Waals surface area contributed by atoms with Crippen molar-refractivity contribution in [2.45, 2.75) is 39.7 Å². The van der Waals surface area contributed by atoms with Crippen LogP contribution in [-0.2, 0) is 0 Å².